The SMILES string of the molecule is CC(=O)OC[C@H]1O[C@@H](n2cnc(C#N)c2)[C@H](O)[C@@H]1O. The maximum Gasteiger partial charge on any atom is 0.302 e. The Morgan fingerprint density at radius 2 is 2.37 bits per heavy atom. The summed E-state index contributed by atoms with van der Waals surface area (Å²) in [5.41, 5.74) is 0.175. The molecule has 1 aliphatic heterocycles. The number of carbonyl (C=O) groups excluding carboxylic acids is 1. The second-order valence-electron chi connectivity index (χ2n) is 4.17. The number of ether oxygens (including phenoxy) is 2. The zero-order chi connectivity index (χ0) is 14.0. The minimum absolute atomic E-state index is 0.149. The van der Waals surface area contributed by atoms with Gasteiger partial charge in [-0.1, -0.05) is 0 Å². The van der Waals surface area contributed by atoms with Gasteiger partial charge in [-0.05, 0) is 0 Å². The molecule has 0 saturated carbocycles. The smallest absolute Gasteiger partial charge is 0.302 e. The molecule has 2 N–H and O–H groups in total. The van der Waals surface area contributed by atoms with Gasteiger partial charge in [-0.25, -0.2) is 4.98 Å². The largest absolute Gasteiger partial charge is 0.463 e. The molecule has 2 heterocycles. The number of rotatable bonds is 3. The third kappa shape index (κ3) is 2.73. The van der Waals surface area contributed by atoms with Crippen LogP contribution < -0.4 is 0 Å². The molecule has 0 unspecified atom stereocenters. The van der Waals surface area contributed by atoms with Gasteiger partial charge in [-0.3, -0.25) is 4.79 Å². The lowest BCUT2D eigenvalue weighted by Crippen LogP contribution is -2.34. The van der Waals surface area contributed by atoms with Gasteiger partial charge in [0.05, 0.1) is 6.33 Å². The number of nitrogens with zero attached hydrogens (tertiary/aromatic N) is 3. The monoisotopic (exact) mass is 267 g/mol. The number of esters is 1. The standard InChI is InChI=1S/C11H13N3O5/c1-6(15)18-4-8-9(16)10(17)11(19-8)14-3-7(2-12)13-5-14/h3,5,8-11,16-17H,4H2,1H3/t8-,9-,10-,11-/m1/s1. The van der Waals surface area contributed by atoms with E-state index in [1.807, 2.05) is 6.07 Å². The molecule has 2 rings (SSSR count). The highest BCUT2D eigenvalue weighted by Crippen LogP contribution is 2.29. The molecular weight excluding hydrogens is 254 g/mol. The highest BCUT2D eigenvalue weighted by atomic mass is 16.6. The molecule has 1 aliphatic rings. The van der Waals surface area contributed by atoms with Crippen LogP contribution in [0.25, 0.3) is 0 Å². The van der Waals surface area contributed by atoms with Crippen molar-refractivity contribution in [1.29, 1.82) is 5.26 Å². The van der Waals surface area contributed by atoms with Crippen LogP contribution in [0.15, 0.2) is 12.5 Å². The molecule has 0 radical (unpaired) electrons. The van der Waals surface area contributed by atoms with E-state index < -0.39 is 30.5 Å². The van der Waals surface area contributed by atoms with Crippen LogP contribution >= 0.6 is 0 Å². The number of hydrogen-bond donors (Lipinski definition) is 2. The normalized spacial score (nSPS) is 30.0. The van der Waals surface area contributed by atoms with E-state index in [4.69, 9.17) is 14.7 Å². The first-order chi connectivity index (χ1) is 9.02. The van der Waals surface area contributed by atoms with Crippen LogP contribution in [0.5, 0.6) is 0 Å². The van der Waals surface area contributed by atoms with Gasteiger partial charge in [-0.2, -0.15) is 5.26 Å². The maximum atomic E-state index is 10.7. The lowest BCUT2D eigenvalue weighted by molar-refractivity contribution is -0.147. The van der Waals surface area contributed by atoms with E-state index in [9.17, 15) is 15.0 Å². The molecule has 0 bridgehead atoms. The van der Waals surface area contributed by atoms with Crippen LogP contribution in [0.4, 0.5) is 0 Å². The molecule has 0 aromatic carbocycles. The summed E-state index contributed by atoms with van der Waals surface area (Å²) in [6.45, 7) is 1.09. The van der Waals surface area contributed by atoms with Crippen LogP contribution in [-0.4, -0.2) is 50.7 Å². The molecule has 1 aromatic rings. The summed E-state index contributed by atoms with van der Waals surface area (Å²) in [6, 6.07) is 1.85. The van der Waals surface area contributed by atoms with Crippen molar-refractivity contribution >= 4 is 5.97 Å². The maximum absolute atomic E-state index is 10.7. The van der Waals surface area contributed by atoms with Crippen LogP contribution in [-0.2, 0) is 14.3 Å². The summed E-state index contributed by atoms with van der Waals surface area (Å²) >= 11 is 0. The van der Waals surface area contributed by atoms with Crippen molar-refractivity contribution in [2.75, 3.05) is 6.61 Å². The molecule has 1 fully saturated rings. The average molecular weight is 267 g/mol. The van der Waals surface area contributed by atoms with Gasteiger partial charge in [0.2, 0.25) is 0 Å². The minimum atomic E-state index is -1.19. The Morgan fingerprint density at radius 3 is 2.95 bits per heavy atom. The van der Waals surface area contributed by atoms with E-state index in [2.05, 4.69) is 4.98 Å². The Balaban J connectivity index is 2.07. The number of hydrogen-bond acceptors (Lipinski definition) is 7. The molecule has 1 aromatic heterocycles. The fourth-order valence-corrected chi connectivity index (χ4v) is 1.85. The van der Waals surface area contributed by atoms with E-state index in [0.717, 1.165) is 0 Å². The molecule has 4 atom stereocenters. The number of aliphatic hydroxyl groups is 2. The van der Waals surface area contributed by atoms with Crippen molar-refractivity contribution in [3.63, 3.8) is 0 Å². The average Bonchev–Trinajstić information content (AvgIpc) is 2.95. The zero-order valence-corrected chi connectivity index (χ0v) is 10.1. The topological polar surface area (TPSA) is 118 Å². The van der Waals surface area contributed by atoms with Gasteiger partial charge in [0.15, 0.2) is 11.9 Å². The number of imidazole rings is 1. The Kier molecular flexibility index (Phi) is 3.80. The lowest BCUT2D eigenvalue weighted by Gasteiger charge is -2.15. The van der Waals surface area contributed by atoms with Crippen molar-refractivity contribution in [3.05, 3.63) is 18.2 Å². The Morgan fingerprint density at radius 1 is 1.63 bits per heavy atom. The predicted molar refractivity (Wildman–Crippen MR) is 59.5 cm³/mol. The van der Waals surface area contributed by atoms with Crippen LogP contribution in [0.3, 0.4) is 0 Å². The molecule has 8 heteroatoms. The van der Waals surface area contributed by atoms with Crippen molar-refractivity contribution < 1.29 is 24.5 Å². The molecule has 0 aliphatic carbocycles. The Labute approximate surface area is 108 Å². The molecule has 0 amide bonds. The van der Waals surface area contributed by atoms with Crippen LogP contribution in [0.2, 0.25) is 0 Å². The highest BCUT2D eigenvalue weighted by Gasteiger charge is 2.44. The molecule has 102 valence electrons. The highest BCUT2D eigenvalue weighted by molar-refractivity contribution is 5.65. The second-order valence-corrected chi connectivity index (χ2v) is 4.17. The van der Waals surface area contributed by atoms with Gasteiger partial charge < -0.3 is 24.3 Å². The van der Waals surface area contributed by atoms with Gasteiger partial charge >= 0.3 is 5.97 Å². The van der Waals surface area contributed by atoms with E-state index in [-0.39, 0.29) is 12.3 Å². The summed E-state index contributed by atoms with van der Waals surface area (Å²) in [6.07, 6.45) is -1.34. The summed E-state index contributed by atoms with van der Waals surface area (Å²) in [5.74, 6) is -0.497. The molecule has 8 nitrogen and oxygen atoms in total. The minimum Gasteiger partial charge on any atom is -0.463 e. The third-order valence-corrected chi connectivity index (χ3v) is 2.80. The van der Waals surface area contributed by atoms with Crippen molar-refractivity contribution in [1.82, 2.24) is 9.55 Å². The Hall–Kier alpha value is -1.95. The van der Waals surface area contributed by atoms with Gasteiger partial charge in [0.1, 0.15) is 31.0 Å². The summed E-state index contributed by atoms with van der Waals surface area (Å²) < 4.78 is 11.5. The molecular formula is C11H13N3O5. The van der Waals surface area contributed by atoms with Crippen LogP contribution in [0, 0.1) is 11.3 Å². The van der Waals surface area contributed by atoms with E-state index in [1.54, 1.807) is 0 Å². The first kappa shape index (κ1) is 13.5. The lowest BCUT2D eigenvalue weighted by atomic mass is 10.1. The molecule has 0 spiro atoms. The van der Waals surface area contributed by atoms with Gasteiger partial charge in [0, 0.05) is 13.1 Å². The van der Waals surface area contributed by atoms with Gasteiger partial charge in [0.25, 0.3) is 0 Å². The molecule has 1 saturated heterocycles. The first-order valence-electron chi connectivity index (χ1n) is 5.61. The number of aliphatic hydroxyl groups excluding tert-OH is 2. The quantitative estimate of drug-likeness (QED) is 0.670. The van der Waals surface area contributed by atoms with Gasteiger partial charge in [-0.15, -0.1) is 0 Å². The summed E-state index contributed by atoms with van der Waals surface area (Å²) in [4.78, 5) is 14.5. The predicted octanol–water partition coefficient (Wildman–Crippen LogP) is -1.06. The second kappa shape index (κ2) is 5.36. The van der Waals surface area contributed by atoms with Crippen molar-refractivity contribution in [3.8, 4) is 6.07 Å². The molecule has 19 heavy (non-hydrogen) atoms. The third-order valence-electron chi connectivity index (χ3n) is 2.80. The van der Waals surface area contributed by atoms with Crippen LogP contribution in [0.1, 0.15) is 18.8 Å². The first-order valence-corrected chi connectivity index (χ1v) is 5.61. The zero-order valence-electron chi connectivity index (χ0n) is 10.1. The number of nitriles is 1. The fourth-order valence-electron chi connectivity index (χ4n) is 1.85. The van der Waals surface area contributed by atoms with Crippen molar-refractivity contribution in [2.45, 2.75) is 31.5 Å². The summed E-state index contributed by atoms with van der Waals surface area (Å²) in [5, 5.41) is 28.4. The summed E-state index contributed by atoms with van der Waals surface area (Å²) in [7, 11) is 0. The Bertz CT molecular complexity index is 509. The van der Waals surface area contributed by atoms with E-state index in [0.29, 0.717) is 0 Å². The van der Waals surface area contributed by atoms with E-state index >= 15 is 0 Å². The number of carbonyl (C=O) groups is 1. The number of aromatic nitrogens is 2. The van der Waals surface area contributed by atoms with Crippen molar-refractivity contribution in [2.24, 2.45) is 0 Å². The van der Waals surface area contributed by atoms with E-state index in [1.165, 1.54) is 24.0 Å². The fraction of sp³-hybridized carbons (Fsp3) is 0.545.